The fourth-order valence-electron chi connectivity index (χ4n) is 2.83. The summed E-state index contributed by atoms with van der Waals surface area (Å²) in [6.45, 7) is 4.29. The van der Waals surface area contributed by atoms with Crippen LogP contribution >= 0.6 is 11.9 Å². The van der Waals surface area contributed by atoms with E-state index in [2.05, 4.69) is 15.5 Å². The number of nitrogens with zero attached hydrogens (tertiary/aromatic N) is 3. The second-order valence-corrected chi connectivity index (χ2v) is 8.62. The minimum Gasteiger partial charge on any atom is -0.351 e. The second-order valence-electron chi connectivity index (χ2n) is 7.49. The molecule has 0 radical (unpaired) electrons. The smallest absolute Gasteiger partial charge is 0.351 e. The number of aromatic nitrogens is 2. The fraction of sp³-hybridized carbons (Fsp3) is 0.261. The summed E-state index contributed by atoms with van der Waals surface area (Å²) in [5.74, 6) is -0.518. The number of carbonyl (C=O) groups excluding carboxylic acids is 1. The van der Waals surface area contributed by atoms with Gasteiger partial charge in [-0.15, -0.1) is 10.2 Å². The van der Waals surface area contributed by atoms with Crippen molar-refractivity contribution >= 4 is 17.9 Å². The molecule has 1 heterocycles. The van der Waals surface area contributed by atoms with Crippen LogP contribution in [0.25, 0.3) is 11.3 Å². The molecule has 0 saturated heterocycles. The normalized spacial score (nSPS) is 11.8. The average molecular weight is 479 g/mol. The van der Waals surface area contributed by atoms with E-state index in [1.165, 1.54) is 30.1 Å². The van der Waals surface area contributed by atoms with Crippen LogP contribution in [-0.4, -0.2) is 33.0 Å². The van der Waals surface area contributed by atoms with E-state index < -0.39 is 11.9 Å². The molecule has 0 fully saturated rings. The van der Waals surface area contributed by atoms with Crippen molar-refractivity contribution in [3.63, 3.8) is 0 Å². The Balaban J connectivity index is 1.59. The number of nitrogens with one attached hydrogen (secondary N) is 1. The van der Waals surface area contributed by atoms with Gasteiger partial charge in [0, 0.05) is 23.0 Å². The molecule has 0 aliphatic heterocycles. The maximum atomic E-state index is 13.1. The Hall–Kier alpha value is -2.98. The van der Waals surface area contributed by atoms with Crippen LogP contribution in [0, 0.1) is 5.82 Å². The Kier molecular flexibility index (Phi) is 8.04. The van der Waals surface area contributed by atoms with Crippen molar-refractivity contribution < 1.29 is 22.4 Å². The molecule has 10 heteroatoms. The lowest BCUT2D eigenvalue weighted by Crippen LogP contribution is -2.36. The molecule has 1 N–H and O–H groups in total. The van der Waals surface area contributed by atoms with Crippen LogP contribution < -0.4 is 5.32 Å². The van der Waals surface area contributed by atoms with Crippen molar-refractivity contribution in [2.75, 3.05) is 6.54 Å². The van der Waals surface area contributed by atoms with E-state index in [4.69, 9.17) is 0 Å². The van der Waals surface area contributed by atoms with Crippen LogP contribution in [-0.2, 0) is 17.5 Å². The summed E-state index contributed by atoms with van der Waals surface area (Å²) in [4.78, 5) is 13.3. The number of halogens is 4. The van der Waals surface area contributed by atoms with E-state index in [0.29, 0.717) is 11.3 Å². The Labute approximate surface area is 193 Å². The number of rotatable bonds is 8. The van der Waals surface area contributed by atoms with E-state index >= 15 is 0 Å². The van der Waals surface area contributed by atoms with E-state index in [-0.39, 0.29) is 30.9 Å². The van der Waals surface area contributed by atoms with Crippen LogP contribution in [0.2, 0.25) is 0 Å². The topological polar surface area (TPSA) is 58.1 Å². The number of hydrogen-bond acceptors (Lipinski definition) is 5. The van der Waals surface area contributed by atoms with Gasteiger partial charge in [-0.2, -0.15) is 13.2 Å². The maximum absolute atomic E-state index is 13.1. The predicted molar refractivity (Wildman–Crippen MR) is 118 cm³/mol. The number of alkyl halides is 3. The highest BCUT2D eigenvalue weighted by molar-refractivity contribution is 7.97. The molecule has 0 aliphatic rings. The van der Waals surface area contributed by atoms with Crippen LogP contribution in [0.5, 0.6) is 0 Å². The lowest BCUT2D eigenvalue weighted by Gasteiger charge is -2.24. The van der Waals surface area contributed by atoms with Crippen molar-refractivity contribution in [1.29, 1.82) is 0 Å². The zero-order valence-electron chi connectivity index (χ0n) is 17.9. The van der Waals surface area contributed by atoms with Crippen molar-refractivity contribution in [2.24, 2.45) is 0 Å². The molecule has 0 saturated carbocycles. The Morgan fingerprint density at radius 1 is 1.06 bits per heavy atom. The van der Waals surface area contributed by atoms with Gasteiger partial charge in [0.2, 0.25) is 5.91 Å². The minimum absolute atomic E-state index is 0.0624. The summed E-state index contributed by atoms with van der Waals surface area (Å²) in [5.41, 5.74) is 0.615. The number of carbonyl (C=O) groups is 1. The first kappa shape index (κ1) is 24.7. The van der Waals surface area contributed by atoms with Gasteiger partial charge in [-0.05, 0) is 73.8 Å². The quantitative estimate of drug-likeness (QED) is 0.350. The van der Waals surface area contributed by atoms with Gasteiger partial charge < -0.3 is 5.32 Å². The summed E-state index contributed by atoms with van der Waals surface area (Å²) in [7, 11) is 0. The highest BCUT2D eigenvalue weighted by Gasteiger charge is 2.32. The first-order chi connectivity index (χ1) is 15.6. The van der Waals surface area contributed by atoms with Gasteiger partial charge in [-0.3, -0.25) is 4.79 Å². The molecule has 0 unspecified atom stereocenters. The SMILES string of the molecule is CC(C)N(CC(=O)NCc1cccc(-c2ccc(C(F)(F)F)nn2)c1)Sc1ccc(F)cc1. The van der Waals surface area contributed by atoms with Gasteiger partial charge in [0.05, 0.1) is 12.2 Å². The first-order valence-electron chi connectivity index (χ1n) is 10.1. The summed E-state index contributed by atoms with van der Waals surface area (Å²) >= 11 is 1.37. The molecule has 0 spiro atoms. The molecular formula is C23H22F4N4OS. The number of hydrogen-bond donors (Lipinski definition) is 1. The first-order valence-corrected chi connectivity index (χ1v) is 10.9. The van der Waals surface area contributed by atoms with Crippen molar-refractivity contribution in [3.8, 4) is 11.3 Å². The van der Waals surface area contributed by atoms with Gasteiger partial charge in [0.1, 0.15) is 5.82 Å². The lowest BCUT2D eigenvalue weighted by atomic mass is 10.1. The molecular weight excluding hydrogens is 456 g/mol. The third kappa shape index (κ3) is 7.26. The van der Waals surface area contributed by atoms with Crippen LogP contribution in [0.1, 0.15) is 25.1 Å². The van der Waals surface area contributed by atoms with E-state index in [1.54, 1.807) is 36.4 Å². The molecule has 2 aromatic carbocycles. The summed E-state index contributed by atoms with van der Waals surface area (Å²) in [6, 6.07) is 15.3. The Bertz CT molecular complexity index is 1070. The molecule has 5 nitrogen and oxygen atoms in total. The summed E-state index contributed by atoms with van der Waals surface area (Å²) in [5, 5.41) is 9.76. The zero-order valence-corrected chi connectivity index (χ0v) is 18.8. The highest BCUT2D eigenvalue weighted by Crippen LogP contribution is 2.28. The van der Waals surface area contributed by atoms with E-state index in [0.717, 1.165) is 16.5 Å². The van der Waals surface area contributed by atoms with Gasteiger partial charge in [0.15, 0.2) is 5.69 Å². The van der Waals surface area contributed by atoms with Crippen molar-refractivity contribution in [2.45, 2.75) is 37.5 Å². The van der Waals surface area contributed by atoms with Crippen LogP contribution in [0.15, 0.2) is 65.6 Å². The molecule has 0 atom stereocenters. The number of amides is 1. The molecule has 1 aromatic heterocycles. The van der Waals surface area contributed by atoms with Gasteiger partial charge in [-0.1, -0.05) is 18.2 Å². The average Bonchev–Trinajstić information content (AvgIpc) is 2.78. The van der Waals surface area contributed by atoms with E-state index in [9.17, 15) is 22.4 Å². The fourth-order valence-corrected chi connectivity index (χ4v) is 3.75. The summed E-state index contributed by atoms with van der Waals surface area (Å²) in [6.07, 6.45) is -4.55. The molecule has 1 amide bonds. The van der Waals surface area contributed by atoms with Gasteiger partial charge >= 0.3 is 6.18 Å². The second kappa shape index (κ2) is 10.8. The monoisotopic (exact) mass is 478 g/mol. The number of benzene rings is 2. The van der Waals surface area contributed by atoms with Crippen molar-refractivity contribution in [1.82, 2.24) is 19.8 Å². The van der Waals surface area contributed by atoms with Crippen LogP contribution in [0.3, 0.4) is 0 Å². The maximum Gasteiger partial charge on any atom is 0.435 e. The Morgan fingerprint density at radius 2 is 1.79 bits per heavy atom. The molecule has 33 heavy (non-hydrogen) atoms. The highest BCUT2D eigenvalue weighted by atomic mass is 32.2. The minimum atomic E-state index is -4.55. The largest absolute Gasteiger partial charge is 0.435 e. The lowest BCUT2D eigenvalue weighted by molar-refractivity contribution is -0.141. The van der Waals surface area contributed by atoms with Gasteiger partial charge in [0.25, 0.3) is 0 Å². The Morgan fingerprint density at radius 3 is 2.39 bits per heavy atom. The van der Waals surface area contributed by atoms with E-state index in [1.807, 2.05) is 18.2 Å². The van der Waals surface area contributed by atoms with Gasteiger partial charge in [-0.25, -0.2) is 8.70 Å². The molecule has 3 rings (SSSR count). The molecule has 174 valence electrons. The molecule has 3 aromatic rings. The van der Waals surface area contributed by atoms with Crippen molar-refractivity contribution in [3.05, 3.63) is 77.7 Å². The summed E-state index contributed by atoms with van der Waals surface area (Å²) < 4.78 is 53.0. The zero-order chi connectivity index (χ0) is 24.0. The molecule has 0 aliphatic carbocycles. The van der Waals surface area contributed by atoms with Crippen LogP contribution in [0.4, 0.5) is 17.6 Å². The third-order valence-corrected chi connectivity index (χ3v) is 5.85. The predicted octanol–water partition coefficient (Wildman–Crippen LogP) is 5.34. The third-order valence-electron chi connectivity index (χ3n) is 4.58. The molecule has 0 bridgehead atoms. The standard InChI is InChI=1S/C23H22F4N4OS/c1-15(2)31(33-19-8-6-18(24)7-9-19)14-22(32)28-13-16-4-3-5-17(12-16)20-10-11-21(30-29-20)23(25,26)27/h3-12,15H,13-14H2,1-2H3,(H,28,32).